The Bertz CT molecular complexity index is 2730. The monoisotopic (exact) mass is 929 g/mol. The summed E-state index contributed by atoms with van der Waals surface area (Å²) in [7, 11) is 1.54. The van der Waals surface area contributed by atoms with Crippen molar-refractivity contribution in [2.45, 2.75) is 86.1 Å². The summed E-state index contributed by atoms with van der Waals surface area (Å²) < 4.78 is 6.54. The lowest BCUT2D eigenvalue weighted by Gasteiger charge is -2.37. The van der Waals surface area contributed by atoms with Crippen molar-refractivity contribution >= 4 is 46.7 Å². The molecule has 18 heteroatoms. The number of allylic oxidation sites excluding steroid dienone is 5. The molecule has 2 amide bonds. The van der Waals surface area contributed by atoms with Gasteiger partial charge in [-0.15, -0.1) is 0 Å². The number of pyridine rings is 2. The third-order valence-corrected chi connectivity index (χ3v) is 12.4. The Morgan fingerprint density at radius 2 is 1.66 bits per heavy atom. The minimum Gasteiger partial charge on any atom is -0.378 e. The highest BCUT2D eigenvalue weighted by molar-refractivity contribution is 6.03. The van der Waals surface area contributed by atoms with E-state index in [2.05, 4.69) is 55.8 Å². The van der Waals surface area contributed by atoms with Crippen LogP contribution in [0, 0.1) is 12.3 Å². The van der Waals surface area contributed by atoms with Gasteiger partial charge in [0, 0.05) is 74.1 Å². The Labute approximate surface area is 396 Å². The van der Waals surface area contributed by atoms with Gasteiger partial charge in [0.2, 0.25) is 0 Å². The molecule has 1 unspecified atom stereocenters. The quantitative estimate of drug-likeness (QED) is 0.104. The van der Waals surface area contributed by atoms with E-state index in [0.29, 0.717) is 110 Å². The molecule has 2 aliphatic carbocycles. The highest BCUT2D eigenvalue weighted by Crippen LogP contribution is 2.41. The number of anilines is 4. The number of morpholine rings is 1. The minimum atomic E-state index is -0.384. The van der Waals surface area contributed by atoms with Crippen LogP contribution in [0.1, 0.15) is 106 Å². The summed E-state index contributed by atoms with van der Waals surface area (Å²) in [5.41, 5.74) is 19.2. The van der Waals surface area contributed by atoms with Crippen LogP contribution < -0.4 is 33.2 Å². The van der Waals surface area contributed by atoms with Gasteiger partial charge < -0.3 is 36.6 Å². The Morgan fingerprint density at radius 3 is 2.31 bits per heavy atom. The van der Waals surface area contributed by atoms with E-state index in [-0.39, 0.29) is 40.1 Å². The van der Waals surface area contributed by atoms with E-state index in [1.807, 2.05) is 32.9 Å². The normalized spacial score (nSPS) is 16.6. The molecule has 0 radical (unpaired) electrons. The second-order valence-corrected chi connectivity index (χ2v) is 17.3. The largest absolute Gasteiger partial charge is 0.378 e. The van der Waals surface area contributed by atoms with E-state index in [1.54, 1.807) is 60.3 Å². The molecule has 6 heterocycles. The Morgan fingerprint density at radius 1 is 0.956 bits per heavy atom. The van der Waals surface area contributed by atoms with E-state index in [9.17, 15) is 24.0 Å². The minimum absolute atomic E-state index is 0.00637. The van der Waals surface area contributed by atoms with Gasteiger partial charge >= 0.3 is 0 Å². The van der Waals surface area contributed by atoms with Crippen molar-refractivity contribution in [1.29, 1.82) is 0 Å². The van der Waals surface area contributed by atoms with Crippen LogP contribution in [0.25, 0.3) is 5.57 Å². The summed E-state index contributed by atoms with van der Waals surface area (Å²) in [5.74, 6) is 0.802. The summed E-state index contributed by atoms with van der Waals surface area (Å²) in [6.07, 6.45) is 12.2. The molecule has 4 aliphatic rings. The smallest absolute Gasteiger partial charge is 0.290 e. The molecule has 0 spiro atoms. The molecule has 0 bridgehead atoms. The average molecular weight is 929 g/mol. The first-order valence-electron chi connectivity index (χ1n) is 23.3. The number of aryl methyl sites for hydroxylation is 2. The van der Waals surface area contributed by atoms with Gasteiger partial charge in [0.25, 0.3) is 22.9 Å². The second-order valence-electron chi connectivity index (χ2n) is 17.3. The first-order valence-corrected chi connectivity index (χ1v) is 23.3. The van der Waals surface area contributed by atoms with E-state index < -0.39 is 0 Å². The zero-order valence-corrected chi connectivity index (χ0v) is 40.1. The average Bonchev–Trinajstić information content (AvgIpc) is 3.37. The lowest BCUT2D eigenvalue weighted by atomic mass is 9.75. The maximum Gasteiger partial charge on any atom is 0.290 e. The predicted octanol–water partition coefficient (Wildman–Crippen LogP) is 5.91. The zero-order valence-electron chi connectivity index (χ0n) is 40.1. The fourth-order valence-corrected chi connectivity index (χ4v) is 8.27. The highest BCUT2D eigenvalue weighted by atomic mass is 16.5. The molecule has 1 atom stereocenters. The molecule has 68 heavy (non-hydrogen) atoms. The van der Waals surface area contributed by atoms with Gasteiger partial charge in [-0.05, 0) is 92.3 Å². The van der Waals surface area contributed by atoms with Crippen molar-refractivity contribution in [2.24, 2.45) is 23.9 Å². The van der Waals surface area contributed by atoms with Crippen LogP contribution in [-0.2, 0) is 21.4 Å². The van der Waals surface area contributed by atoms with Crippen LogP contribution in [0.2, 0.25) is 0 Å². The summed E-state index contributed by atoms with van der Waals surface area (Å²) in [4.78, 5) is 76.1. The van der Waals surface area contributed by atoms with Crippen LogP contribution >= 0.6 is 0 Å². The standard InChI is InChI=1S/C35H41N7O5.C13H17N5O.C2H6/c1-35(2,21-36)24-8-9-25-22(17-24)11-12-42(33(25)45)30-6-4-5-26(27(30)20-43)28-18-29(34(46)40(3)39-28)38-31-10-7-23(19-37-31)32(44)41-13-15-47-16-14-41;1-3-10(14)9-4-5-12(15-7-9)16-11-6-8(2)17-18-13(11)19;1-2/h5,7,10,17-20H,4,6,8-9,11-16,21,36H2,1-3H3,(H,37,38);4-7,10H,3,14H2,1-2H3,(H,18,19)(H,15,16,17);1-2H3. The molecule has 18 nitrogen and oxygen atoms in total. The van der Waals surface area contributed by atoms with Crippen LogP contribution in [0.15, 0.2) is 98.5 Å². The number of aromatic nitrogens is 6. The third-order valence-electron chi connectivity index (χ3n) is 12.4. The predicted molar refractivity (Wildman–Crippen MR) is 263 cm³/mol. The van der Waals surface area contributed by atoms with Crippen molar-refractivity contribution in [3.05, 3.63) is 132 Å². The van der Waals surface area contributed by atoms with Gasteiger partial charge in [-0.3, -0.25) is 24.0 Å². The summed E-state index contributed by atoms with van der Waals surface area (Å²) >= 11 is 0. The number of aromatic amines is 1. The number of H-pyrrole nitrogens is 1. The van der Waals surface area contributed by atoms with Crippen molar-refractivity contribution in [1.82, 2.24) is 39.7 Å². The Balaban J connectivity index is 0.000000302. The van der Waals surface area contributed by atoms with Gasteiger partial charge in [0.1, 0.15) is 23.0 Å². The summed E-state index contributed by atoms with van der Waals surface area (Å²) in [6.45, 7) is 15.2. The van der Waals surface area contributed by atoms with Gasteiger partial charge in [-0.25, -0.2) is 19.7 Å². The molecular weight excluding hydrogens is 865 g/mol. The van der Waals surface area contributed by atoms with Gasteiger partial charge in [-0.2, -0.15) is 10.2 Å². The number of aldehydes is 1. The molecule has 0 aromatic carbocycles. The number of hydrogen-bond acceptors (Lipinski definition) is 14. The molecule has 8 rings (SSSR count). The number of nitrogens with one attached hydrogen (secondary N) is 3. The fraction of sp³-hybridized carbons (Fsp3) is 0.420. The van der Waals surface area contributed by atoms with Gasteiger partial charge in [0.05, 0.1) is 30.2 Å². The topological polar surface area (TPSA) is 249 Å². The van der Waals surface area contributed by atoms with Crippen LogP contribution in [0.5, 0.6) is 0 Å². The van der Waals surface area contributed by atoms with Gasteiger partial charge in [-0.1, -0.05) is 58.4 Å². The number of carbonyl (C=O) groups is 3. The second kappa shape index (κ2) is 22.7. The lowest BCUT2D eigenvalue weighted by Crippen LogP contribution is -2.40. The first kappa shape index (κ1) is 50.5. The zero-order chi connectivity index (χ0) is 49.1. The number of rotatable bonds is 12. The van der Waals surface area contributed by atoms with Gasteiger partial charge in [0.15, 0.2) is 6.29 Å². The Hall–Kier alpha value is -6.89. The lowest BCUT2D eigenvalue weighted by molar-refractivity contribution is -0.126. The van der Waals surface area contributed by atoms with Crippen molar-refractivity contribution in [3.8, 4) is 0 Å². The number of nitrogens with zero attached hydrogens (tertiary/aromatic N) is 7. The van der Waals surface area contributed by atoms with E-state index in [4.69, 9.17) is 16.2 Å². The molecule has 7 N–H and O–H groups in total. The molecule has 2 aliphatic heterocycles. The maximum absolute atomic E-state index is 13.8. The fourth-order valence-electron chi connectivity index (χ4n) is 8.27. The number of amides is 2. The van der Waals surface area contributed by atoms with Crippen LogP contribution in [0.3, 0.4) is 0 Å². The Kier molecular flexibility index (Phi) is 16.9. The van der Waals surface area contributed by atoms with Crippen LogP contribution in [-0.4, -0.2) is 97.2 Å². The van der Waals surface area contributed by atoms with Crippen molar-refractivity contribution < 1.29 is 19.1 Å². The van der Waals surface area contributed by atoms with Crippen LogP contribution in [0.4, 0.5) is 23.0 Å². The molecular formula is C50H64N12O6. The number of nitrogens with two attached hydrogens (primary N) is 2. The number of ether oxygens (including phenoxy) is 1. The molecule has 4 aromatic rings. The van der Waals surface area contributed by atoms with E-state index in [0.717, 1.165) is 41.5 Å². The molecule has 1 saturated heterocycles. The van der Waals surface area contributed by atoms with Crippen molar-refractivity contribution in [3.63, 3.8) is 0 Å². The third kappa shape index (κ3) is 11.6. The molecule has 1 fully saturated rings. The molecule has 4 aromatic heterocycles. The number of carbonyl (C=O) groups excluding carboxylic acids is 3. The van der Waals surface area contributed by atoms with E-state index in [1.165, 1.54) is 16.5 Å². The molecule has 360 valence electrons. The summed E-state index contributed by atoms with van der Waals surface area (Å²) in [6, 6.07) is 10.3. The number of hydrogen-bond donors (Lipinski definition) is 5. The first-order chi connectivity index (χ1) is 32.7. The molecule has 0 saturated carbocycles. The SMILES string of the molecule is CC.CCC(N)c1ccc(Nc2cc(C)n[nH]c2=O)nc1.Cn1nc(C2=CCCC(N3CCC4=C(CCC(C(C)(C)CN)=C4)C3=O)=C2C=O)cc(Nc2ccc(C(=O)N3CCOCC3)cn2)c1=O. The van der Waals surface area contributed by atoms with Crippen molar-refractivity contribution in [2.75, 3.05) is 50.0 Å². The summed E-state index contributed by atoms with van der Waals surface area (Å²) in [5, 5.41) is 16.7. The maximum atomic E-state index is 13.8. The van der Waals surface area contributed by atoms with E-state index >= 15 is 0 Å². The highest BCUT2D eigenvalue weighted by Gasteiger charge is 2.35.